The van der Waals surface area contributed by atoms with Gasteiger partial charge in [-0.25, -0.2) is 19.3 Å². The molecular weight excluding hydrogens is 502 g/mol. The van der Waals surface area contributed by atoms with Crippen molar-refractivity contribution in [3.63, 3.8) is 0 Å². The third-order valence-electron chi connectivity index (χ3n) is 6.91. The zero-order chi connectivity index (χ0) is 26.5. The van der Waals surface area contributed by atoms with E-state index in [4.69, 9.17) is 4.98 Å². The highest BCUT2D eigenvalue weighted by atomic mass is 35.5. The summed E-state index contributed by atoms with van der Waals surface area (Å²) in [5.74, 6) is 0.834. The smallest absolute Gasteiger partial charge is 1.00 e. The lowest BCUT2D eigenvalue weighted by Crippen LogP contribution is -3.00. The Kier molecular flexibility index (Phi) is 7.22. The Morgan fingerprint density at radius 2 is 2.05 bits per heavy atom. The van der Waals surface area contributed by atoms with E-state index in [1.807, 2.05) is 6.07 Å². The number of hydrogen-bond donors (Lipinski definition) is 3. The summed E-state index contributed by atoms with van der Waals surface area (Å²) in [5, 5.41) is 17.8. The number of aromatic nitrogens is 5. The molecule has 9 nitrogen and oxygen atoms in total. The van der Waals surface area contributed by atoms with Crippen LogP contribution in [0.2, 0.25) is 0 Å². The van der Waals surface area contributed by atoms with Gasteiger partial charge in [0, 0.05) is 29.9 Å². The predicted octanol–water partition coefficient (Wildman–Crippen LogP) is 1.19. The van der Waals surface area contributed by atoms with Gasteiger partial charge >= 0.3 is 1.43 Å². The van der Waals surface area contributed by atoms with Crippen LogP contribution in [-0.4, -0.2) is 36.0 Å². The average Bonchev–Trinajstić information content (AvgIpc) is 3.12. The van der Waals surface area contributed by atoms with Gasteiger partial charge in [-0.2, -0.15) is 4.98 Å². The third kappa shape index (κ3) is 4.84. The largest absolute Gasteiger partial charge is 1.00 e. The van der Waals surface area contributed by atoms with Crippen LogP contribution in [0.4, 0.5) is 11.6 Å². The molecule has 0 aliphatic carbocycles. The molecule has 0 fully saturated rings. The fourth-order valence-corrected chi connectivity index (χ4v) is 4.85. The molecule has 3 aromatic heterocycles. The quantitative estimate of drug-likeness (QED) is 0.318. The second kappa shape index (κ2) is 9.98. The SMILES string of the molecule is C=CCn1c(=O)c2cnc(Nc3ccc4c(c3)[C@@H](C)NCC4(C)C)nc2n1-c1cccc(C(C)(C)O)n1.[Cl-].[H+]. The molecule has 1 aliphatic heterocycles. The van der Waals surface area contributed by atoms with E-state index in [1.165, 1.54) is 22.0 Å². The minimum atomic E-state index is -1.14. The number of anilines is 2. The lowest BCUT2D eigenvalue weighted by molar-refractivity contribution is -0.0000150. The van der Waals surface area contributed by atoms with Crippen molar-refractivity contribution < 1.29 is 18.9 Å². The average molecular weight is 536 g/mol. The Labute approximate surface area is 229 Å². The number of allylic oxidation sites excluding steroid dienone is 1. The van der Waals surface area contributed by atoms with Crippen molar-refractivity contribution in [3.05, 3.63) is 82.4 Å². The Bertz CT molecular complexity index is 1570. The van der Waals surface area contributed by atoms with E-state index in [2.05, 4.69) is 60.1 Å². The maximum absolute atomic E-state index is 13.2. The fourth-order valence-electron chi connectivity index (χ4n) is 4.85. The lowest BCUT2D eigenvalue weighted by Gasteiger charge is -2.37. The molecule has 4 heterocycles. The lowest BCUT2D eigenvalue weighted by atomic mass is 9.77. The normalized spacial score (nSPS) is 16.5. The van der Waals surface area contributed by atoms with Gasteiger partial charge in [-0.15, -0.1) is 6.58 Å². The van der Waals surface area contributed by atoms with E-state index >= 15 is 0 Å². The molecule has 4 aromatic rings. The number of nitrogens with one attached hydrogen (secondary N) is 2. The first-order valence-electron chi connectivity index (χ1n) is 12.4. The van der Waals surface area contributed by atoms with Crippen LogP contribution >= 0.6 is 0 Å². The number of aliphatic hydroxyl groups is 1. The molecule has 0 saturated carbocycles. The molecule has 10 heteroatoms. The molecule has 200 valence electrons. The van der Waals surface area contributed by atoms with Crippen molar-refractivity contribution in [1.82, 2.24) is 29.6 Å². The first kappa shape index (κ1) is 27.5. The second-order valence-corrected chi connectivity index (χ2v) is 10.8. The zero-order valence-electron chi connectivity index (χ0n) is 23.3. The molecule has 0 spiro atoms. The van der Waals surface area contributed by atoms with Crippen LogP contribution < -0.4 is 28.6 Å². The second-order valence-electron chi connectivity index (χ2n) is 10.8. The Morgan fingerprint density at radius 1 is 1.29 bits per heavy atom. The highest BCUT2D eigenvalue weighted by Crippen LogP contribution is 2.36. The van der Waals surface area contributed by atoms with E-state index in [0.717, 1.165) is 12.2 Å². The summed E-state index contributed by atoms with van der Waals surface area (Å²) in [7, 11) is 0. The molecule has 0 bridgehead atoms. The van der Waals surface area contributed by atoms with E-state index in [-0.39, 0.29) is 37.4 Å². The summed E-state index contributed by atoms with van der Waals surface area (Å²) in [4.78, 5) is 27.0. The minimum absolute atomic E-state index is 0. The molecule has 1 aromatic carbocycles. The van der Waals surface area contributed by atoms with Crippen LogP contribution in [0.25, 0.3) is 16.9 Å². The molecule has 0 saturated heterocycles. The Morgan fingerprint density at radius 3 is 2.76 bits per heavy atom. The summed E-state index contributed by atoms with van der Waals surface area (Å²) in [6, 6.07) is 11.9. The van der Waals surface area contributed by atoms with Gasteiger partial charge in [-0.3, -0.25) is 4.79 Å². The van der Waals surface area contributed by atoms with Gasteiger partial charge in [-0.05, 0) is 56.2 Å². The van der Waals surface area contributed by atoms with Crippen LogP contribution in [0.15, 0.2) is 60.0 Å². The number of benzene rings is 1. The van der Waals surface area contributed by atoms with Crippen molar-refractivity contribution in [2.45, 2.75) is 58.2 Å². The summed E-state index contributed by atoms with van der Waals surface area (Å²) < 4.78 is 3.17. The van der Waals surface area contributed by atoms with Crippen LogP contribution in [0.5, 0.6) is 0 Å². The van der Waals surface area contributed by atoms with Gasteiger partial charge < -0.3 is 28.1 Å². The van der Waals surface area contributed by atoms with Crippen molar-refractivity contribution in [1.29, 1.82) is 0 Å². The summed E-state index contributed by atoms with van der Waals surface area (Å²) >= 11 is 0. The Balaban J connectivity index is 0.00000210. The first-order valence-corrected chi connectivity index (χ1v) is 12.4. The number of fused-ring (bicyclic) bond motifs is 2. The molecular formula is C28H34ClN7O2. The molecule has 1 aliphatic rings. The number of halogens is 1. The summed E-state index contributed by atoms with van der Waals surface area (Å²) in [5.41, 5.74) is 2.99. The number of pyridine rings is 1. The van der Waals surface area contributed by atoms with E-state index in [9.17, 15) is 9.90 Å². The van der Waals surface area contributed by atoms with E-state index in [0.29, 0.717) is 28.5 Å². The molecule has 5 rings (SSSR count). The molecule has 0 amide bonds. The van der Waals surface area contributed by atoms with Crippen molar-refractivity contribution in [2.24, 2.45) is 0 Å². The maximum Gasteiger partial charge on any atom is 1.00 e. The predicted molar refractivity (Wildman–Crippen MR) is 147 cm³/mol. The van der Waals surface area contributed by atoms with E-state index < -0.39 is 5.60 Å². The van der Waals surface area contributed by atoms with E-state index in [1.54, 1.807) is 42.8 Å². The highest BCUT2D eigenvalue weighted by Gasteiger charge is 2.30. The standard InChI is InChI=1S/C28H33N7O2.ClH/c1-7-13-34-25(36)20-15-29-26(31-18-11-12-21-19(14-18)17(2)30-16-27(21,3)4)33-24(20)35(34)23-10-8-9-22(32-23)28(5,6)37;/h7-12,14-15,17,30,37H,1,13,16H2,2-6H3,(H,29,31,33);1H/t17-;/m1./s1. The van der Waals surface area contributed by atoms with Gasteiger partial charge in [0.25, 0.3) is 5.56 Å². The maximum atomic E-state index is 13.2. The van der Waals surface area contributed by atoms with Crippen LogP contribution in [0.1, 0.15) is 58.9 Å². The molecule has 1 atom stereocenters. The number of nitrogens with zero attached hydrogens (tertiary/aromatic N) is 5. The zero-order valence-corrected chi connectivity index (χ0v) is 23.0. The molecule has 0 unspecified atom stereocenters. The summed E-state index contributed by atoms with van der Waals surface area (Å²) in [6.45, 7) is 15.0. The Hall–Kier alpha value is -3.53. The monoisotopic (exact) mass is 535 g/mol. The first-order chi connectivity index (χ1) is 17.5. The van der Waals surface area contributed by atoms with Crippen molar-refractivity contribution in [2.75, 3.05) is 11.9 Å². The minimum Gasteiger partial charge on any atom is -1.00 e. The van der Waals surface area contributed by atoms with Crippen LogP contribution in [0, 0.1) is 0 Å². The molecule has 0 radical (unpaired) electrons. The van der Waals surface area contributed by atoms with Gasteiger partial charge in [0.1, 0.15) is 11.0 Å². The van der Waals surface area contributed by atoms with Crippen molar-refractivity contribution >= 4 is 22.7 Å². The van der Waals surface area contributed by atoms with Gasteiger partial charge in [0.2, 0.25) is 5.95 Å². The van der Waals surface area contributed by atoms with Gasteiger partial charge in [-0.1, -0.05) is 32.1 Å². The molecule has 38 heavy (non-hydrogen) atoms. The van der Waals surface area contributed by atoms with Crippen molar-refractivity contribution in [3.8, 4) is 5.82 Å². The van der Waals surface area contributed by atoms with Crippen LogP contribution in [-0.2, 0) is 17.6 Å². The topological polar surface area (TPSA) is 110 Å². The highest BCUT2D eigenvalue weighted by molar-refractivity contribution is 5.77. The van der Waals surface area contributed by atoms with Gasteiger partial charge in [0.05, 0.1) is 12.2 Å². The van der Waals surface area contributed by atoms with Crippen LogP contribution in [0.3, 0.4) is 0 Å². The third-order valence-corrected chi connectivity index (χ3v) is 6.91. The number of rotatable bonds is 6. The molecule has 3 N–H and O–H groups in total. The fraction of sp³-hybridized carbons (Fsp3) is 0.357. The number of hydrogen-bond acceptors (Lipinski definition) is 7. The summed E-state index contributed by atoms with van der Waals surface area (Å²) in [6.07, 6.45) is 3.18. The van der Waals surface area contributed by atoms with Gasteiger partial charge in [0.15, 0.2) is 11.5 Å².